The van der Waals surface area contributed by atoms with Crippen molar-refractivity contribution in [1.82, 2.24) is 10.2 Å². The molecule has 0 bridgehead atoms. The average Bonchev–Trinajstić information content (AvgIpc) is 3.30. The van der Waals surface area contributed by atoms with Crippen molar-refractivity contribution in [3.63, 3.8) is 0 Å². The number of carbonyl (C=O) groups is 2. The summed E-state index contributed by atoms with van der Waals surface area (Å²) in [6.45, 7) is 2.55. The molecule has 8 nitrogen and oxygen atoms in total. The van der Waals surface area contributed by atoms with Crippen LogP contribution in [0.15, 0.2) is 41.0 Å². The Labute approximate surface area is 150 Å². The van der Waals surface area contributed by atoms with E-state index < -0.39 is 12.0 Å². The quantitative estimate of drug-likeness (QED) is 0.762. The second-order valence-corrected chi connectivity index (χ2v) is 5.59. The molecule has 0 aliphatic carbocycles. The van der Waals surface area contributed by atoms with E-state index in [4.69, 9.17) is 18.6 Å². The van der Waals surface area contributed by atoms with Crippen LogP contribution in [0.25, 0.3) is 0 Å². The van der Waals surface area contributed by atoms with E-state index in [-0.39, 0.29) is 26.5 Å². The molecule has 1 aromatic heterocycles. The molecule has 1 aliphatic heterocycles. The molecule has 0 fully saturated rings. The molecule has 1 N–H and O–H groups in total. The van der Waals surface area contributed by atoms with Gasteiger partial charge in [-0.05, 0) is 36.8 Å². The molecule has 3 rings (SSSR count). The van der Waals surface area contributed by atoms with E-state index in [9.17, 15) is 9.59 Å². The summed E-state index contributed by atoms with van der Waals surface area (Å²) in [7, 11) is 0. The molecule has 2 aromatic rings. The van der Waals surface area contributed by atoms with Gasteiger partial charge in [0.1, 0.15) is 12.3 Å². The van der Waals surface area contributed by atoms with Gasteiger partial charge in [0.2, 0.25) is 6.79 Å². The molecule has 26 heavy (non-hydrogen) atoms. The van der Waals surface area contributed by atoms with Crippen molar-refractivity contribution in [2.75, 3.05) is 19.9 Å². The van der Waals surface area contributed by atoms with E-state index in [2.05, 4.69) is 5.32 Å². The predicted molar refractivity (Wildman–Crippen MR) is 90.6 cm³/mol. The van der Waals surface area contributed by atoms with Crippen LogP contribution in [0.5, 0.6) is 11.5 Å². The van der Waals surface area contributed by atoms with E-state index in [1.165, 1.54) is 4.90 Å². The molecule has 1 aromatic carbocycles. The number of hydrogen-bond donors (Lipinski definition) is 1. The van der Waals surface area contributed by atoms with Gasteiger partial charge in [0.05, 0.1) is 19.4 Å². The SMILES string of the molecule is CCOC(=O)CNC(=O)N(Cc1ccc2c(c1)OCO2)Cc1ccco1. The zero-order valence-electron chi connectivity index (χ0n) is 14.4. The van der Waals surface area contributed by atoms with Crippen LogP contribution in [0.3, 0.4) is 0 Å². The minimum Gasteiger partial charge on any atom is -0.467 e. The Hall–Kier alpha value is -3.16. The summed E-state index contributed by atoms with van der Waals surface area (Å²) in [5.41, 5.74) is 0.868. The molecule has 8 heteroatoms. The standard InChI is InChI=1S/C18H20N2O6/c1-2-23-17(21)9-19-18(22)20(11-14-4-3-7-24-14)10-13-5-6-15-16(8-13)26-12-25-15/h3-8H,2,9-12H2,1H3,(H,19,22). The van der Waals surface area contributed by atoms with E-state index >= 15 is 0 Å². The van der Waals surface area contributed by atoms with Crippen LogP contribution in [0.1, 0.15) is 18.2 Å². The smallest absolute Gasteiger partial charge is 0.325 e. The Morgan fingerprint density at radius 3 is 2.81 bits per heavy atom. The van der Waals surface area contributed by atoms with Crippen molar-refractivity contribution < 1.29 is 28.2 Å². The van der Waals surface area contributed by atoms with Crippen molar-refractivity contribution in [1.29, 1.82) is 0 Å². The first kappa shape index (κ1) is 17.7. The van der Waals surface area contributed by atoms with Crippen molar-refractivity contribution in [2.45, 2.75) is 20.0 Å². The van der Waals surface area contributed by atoms with E-state index in [0.717, 1.165) is 5.56 Å². The Bertz CT molecular complexity index is 759. The maximum absolute atomic E-state index is 12.5. The fourth-order valence-corrected chi connectivity index (χ4v) is 2.52. The third kappa shape index (κ3) is 4.47. The monoisotopic (exact) mass is 360 g/mol. The maximum atomic E-state index is 12.5. The number of fused-ring (bicyclic) bond motifs is 1. The van der Waals surface area contributed by atoms with Crippen molar-refractivity contribution in [2.24, 2.45) is 0 Å². The highest BCUT2D eigenvalue weighted by Crippen LogP contribution is 2.32. The van der Waals surface area contributed by atoms with Gasteiger partial charge in [-0.2, -0.15) is 0 Å². The summed E-state index contributed by atoms with van der Waals surface area (Å²) in [5.74, 6) is 1.48. The molecule has 1 aliphatic rings. The fourth-order valence-electron chi connectivity index (χ4n) is 2.52. The summed E-state index contributed by atoms with van der Waals surface area (Å²) in [4.78, 5) is 25.5. The third-order valence-corrected chi connectivity index (χ3v) is 3.71. The molecule has 0 radical (unpaired) electrons. The number of esters is 1. The predicted octanol–water partition coefficient (Wildman–Crippen LogP) is 2.28. The molecule has 138 valence electrons. The number of ether oxygens (including phenoxy) is 3. The van der Waals surface area contributed by atoms with Gasteiger partial charge >= 0.3 is 12.0 Å². The lowest BCUT2D eigenvalue weighted by molar-refractivity contribution is -0.141. The molecule has 0 atom stereocenters. The first-order valence-corrected chi connectivity index (χ1v) is 8.25. The second kappa shape index (κ2) is 8.28. The molecular weight excluding hydrogens is 340 g/mol. The lowest BCUT2D eigenvalue weighted by Gasteiger charge is -2.22. The minimum atomic E-state index is -0.484. The van der Waals surface area contributed by atoms with Gasteiger partial charge in [0, 0.05) is 6.54 Å². The van der Waals surface area contributed by atoms with Gasteiger partial charge in [-0.25, -0.2) is 4.79 Å². The van der Waals surface area contributed by atoms with Crippen molar-refractivity contribution in [3.8, 4) is 11.5 Å². The molecular formula is C18H20N2O6. The van der Waals surface area contributed by atoms with Crippen LogP contribution in [0.2, 0.25) is 0 Å². The topological polar surface area (TPSA) is 90.2 Å². The van der Waals surface area contributed by atoms with Crippen molar-refractivity contribution in [3.05, 3.63) is 47.9 Å². The Morgan fingerprint density at radius 2 is 2.04 bits per heavy atom. The normalized spacial score (nSPS) is 11.9. The first-order valence-electron chi connectivity index (χ1n) is 8.25. The highest BCUT2D eigenvalue weighted by Gasteiger charge is 2.19. The van der Waals surface area contributed by atoms with Crippen LogP contribution in [0, 0.1) is 0 Å². The van der Waals surface area contributed by atoms with E-state index in [1.54, 1.807) is 31.4 Å². The second-order valence-electron chi connectivity index (χ2n) is 5.59. The number of amides is 2. The Kier molecular flexibility index (Phi) is 5.62. The number of urea groups is 1. The molecule has 0 unspecified atom stereocenters. The van der Waals surface area contributed by atoms with Gasteiger partial charge in [-0.15, -0.1) is 0 Å². The maximum Gasteiger partial charge on any atom is 0.325 e. The number of rotatable bonds is 7. The van der Waals surface area contributed by atoms with E-state index in [1.807, 2.05) is 12.1 Å². The zero-order chi connectivity index (χ0) is 18.4. The van der Waals surface area contributed by atoms with Crippen LogP contribution >= 0.6 is 0 Å². The van der Waals surface area contributed by atoms with Crippen LogP contribution in [-0.4, -0.2) is 36.8 Å². The highest BCUT2D eigenvalue weighted by molar-refractivity contribution is 5.80. The minimum absolute atomic E-state index is 0.189. The highest BCUT2D eigenvalue weighted by atomic mass is 16.7. The van der Waals surface area contributed by atoms with Crippen LogP contribution in [-0.2, 0) is 22.6 Å². The van der Waals surface area contributed by atoms with Crippen molar-refractivity contribution >= 4 is 12.0 Å². The number of benzene rings is 1. The lowest BCUT2D eigenvalue weighted by atomic mass is 10.2. The number of hydrogen-bond acceptors (Lipinski definition) is 6. The molecule has 2 heterocycles. The van der Waals surface area contributed by atoms with E-state index in [0.29, 0.717) is 23.8 Å². The number of furan rings is 1. The zero-order valence-corrected chi connectivity index (χ0v) is 14.4. The largest absolute Gasteiger partial charge is 0.467 e. The number of nitrogens with one attached hydrogen (secondary N) is 1. The third-order valence-electron chi connectivity index (χ3n) is 3.71. The van der Waals surface area contributed by atoms with Crippen LogP contribution < -0.4 is 14.8 Å². The average molecular weight is 360 g/mol. The van der Waals surface area contributed by atoms with Gasteiger partial charge in [-0.3, -0.25) is 4.79 Å². The fraction of sp³-hybridized carbons (Fsp3) is 0.333. The van der Waals surface area contributed by atoms with Gasteiger partial charge in [0.15, 0.2) is 11.5 Å². The summed E-state index contributed by atoms with van der Waals surface area (Å²) in [6.07, 6.45) is 1.55. The van der Waals surface area contributed by atoms with Gasteiger partial charge in [-0.1, -0.05) is 6.07 Å². The Morgan fingerprint density at radius 1 is 1.19 bits per heavy atom. The summed E-state index contributed by atoms with van der Waals surface area (Å²) in [6, 6.07) is 8.64. The van der Waals surface area contributed by atoms with Crippen LogP contribution in [0.4, 0.5) is 4.79 Å². The molecule has 2 amide bonds. The number of nitrogens with zero attached hydrogens (tertiary/aromatic N) is 1. The number of carbonyl (C=O) groups excluding carboxylic acids is 2. The molecule has 0 saturated heterocycles. The van der Waals surface area contributed by atoms with Gasteiger partial charge < -0.3 is 28.8 Å². The summed E-state index contributed by atoms with van der Waals surface area (Å²) < 4.78 is 20.8. The molecule has 0 spiro atoms. The summed E-state index contributed by atoms with van der Waals surface area (Å²) in [5, 5.41) is 2.57. The molecule has 0 saturated carbocycles. The Balaban J connectivity index is 1.68. The van der Waals surface area contributed by atoms with Gasteiger partial charge in [0.25, 0.3) is 0 Å². The first-order chi connectivity index (χ1) is 12.7. The lowest BCUT2D eigenvalue weighted by Crippen LogP contribution is -2.41. The summed E-state index contributed by atoms with van der Waals surface area (Å²) >= 11 is 0.